The summed E-state index contributed by atoms with van der Waals surface area (Å²) < 4.78 is 33.7. The molecule has 2 aromatic carbocycles. The molecule has 0 bridgehead atoms. The van der Waals surface area contributed by atoms with Crippen LogP contribution in [0.15, 0.2) is 45.1 Å². The van der Waals surface area contributed by atoms with E-state index >= 15 is 0 Å². The maximum Gasteiger partial charge on any atom is 0.231 e. The van der Waals surface area contributed by atoms with Crippen LogP contribution in [0.3, 0.4) is 0 Å². The first kappa shape index (κ1) is 20.7. The van der Waals surface area contributed by atoms with Crippen LogP contribution in [0.2, 0.25) is 0 Å². The highest BCUT2D eigenvalue weighted by Crippen LogP contribution is 2.45. The van der Waals surface area contributed by atoms with Crippen molar-refractivity contribution in [3.63, 3.8) is 0 Å². The molecule has 0 amide bonds. The van der Waals surface area contributed by atoms with Crippen molar-refractivity contribution in [1.29, 1.82) is 0 Å². The lowest BCUT2D eigenvalue weighted by molar-refractivity contribution is 0.171. The quantitative estimate of drug-likeness (QED) is 0.530. The van der Waals surface area contributed by atoms with E-state index in [1.54, 1.807) is 32.4 Å². The molecule has 0 radical (unpaired) electrons. The lowest BCUT2D eigenvalue weighted by atomic mass is 10.0. The van der Waals surface area contributed by atoms with Crippen LogP contribution >= 0.6 is 0 Å². The average molecular weight is 424 g/mol. The van der Waals surface area contributed by atoms with Gasteiger partial charge in [0.15, 0.2) is 16.9 Å². The molecular formula is C24H24O7. The predicted octanol–water partition coefficient (Wildman–Crippen LogP) is 4.72. The number of rotatable bonds is 6. The van der Waals surface area contributed by atoms with Gasteiger partial charge in [0.2, 0.25) is 12.5 Å². The minimum absolute atomic E-state index is 0.109. The van der Waals surface area contributed by atoms with Gasteiger partial charge in [0.05, 0.1) is 21.3 Å². The SMILES string of the molecule is COc1cc(-c2cc(=O)c3c(OC)cc(OC)c(CC=C(C)C)c3o2)cc2c1OCO2. The zero-order valence-electron chi connectivity index (χ0n) is 18.2. The number of hydrogen-bond donors (Lipinski definition) is 0. The van der Waals surface area contributed by atoms with Gasteiger partial charge in [0.25, 0.3) is 0 Å². The average Bonchev–Trinajstić information content (AvgIpc) is 3.24. The summed E-state index contributed by atoms with van der Waals surface area (Å²) in [7, 11) is 4.64. The van der Waals surface area contributed by atoms with Crippen molar-refractivity contribution in [3.05, 3.63) is 51.7 Å². The standard InChI is InChI=1S/C24H24O7/c1-13(2)6-7-15-18(26-3)11-19(27-4)22-16(25)10-17(31-23(15)22)14-8-20(28-5)24-21(9-14)29-12-30-24/h6,8-11H,7,12H2,1-5H3. The Morgan fingerprint density at radius 1 is 0.968 bits per heavy atom. The highest BCUT2D eigenvalue weighted by Gasteiger charge is 2.23. The van der Waals surface area contributed by atoms with Crippen LogP contribution in [0.25, 0.3) is 22.3 Å². The summed E-state index contributed by atoms with van der Waals surface area (Å²) in [5, 5.41) is 0.372. The fourth-order valence-corrected chi connectivity index (χ4v) is 3.59. The van der Waals surface area contributed by atoms with Crippen molar-refractivity contribution in [2.45, 2.75) is 20.3 Å². The lowest BCUT2D eigenvalue weighted by Gasteiger charge is -2.15. The molecule has 0 N–H and O–H groups in total. The summed E-state index contributed by atoms with van der Waals surface area (Å²) in [4.78, 5) is 13.1. The monoisotopic (exact) mass is 424 g/mol. The molecule has 1 aliphatic rings. The first-order chi connectivity index (χ1) is 15.0. The molecule has 0 atom stereocenters. The Hall–Kier alpha value is -3.61. The molecule has 162 valence electrons. The van der Waals surface area contributed by atoms with Crippen LogP contribution in [0.4, 0.5) is 0 Å². The molecule has 4 rings (SSSR count). The van der Waals surface area contributed by atoms with Gasteiger partial charge in [-0.15, -0.1) is 0 Å². The third kappa shape index (κ3) is 3.67. The number of benzene rings is 2. The van der Waals surface area contributed by atoms with Gasteiger partial charge >= 0.3 is 0 Å². The van der Waals surface area contributed by atoms with Crippen molar-refractivity contribution in [2.24, 2.45) is 0 Å². The fourth-order valence-electron chi connectivity index (χ4n) is 3.59. The van der Waals surface area contributed by atoms with Gasteiger partial charge in [0.1, 0.15) is 28.2 Å². The number of hydrogen-bond acceptors (Lipinski definition) is 7. The number of fused-ring (bicyclic) bond motifs is 2. The largest absolute Gasteiger partial charge is 0.496 e. The summed E-state index contributed by atoms with van der Waals surface area (Å²) in [5.74, 6) is 2.93. The van der Waals surface area contributed by atoms with Crippen LogP contribution in [0, 0.1) is 0 Å². The minimum atomic E-state index is -0.217. The van der Waals surface area contributed by atoms with E-state index < -0.39 is 0 Å². The molecule has 3 aromatic rings. The first-order valence-corrected chi connectivity index (χ1v) is 9.79. The van der Waals surface area contributed by atoms with Crippen LogP contribution in [-0.2, 0) is 6.42 Å². The minimum Gasteiger partial charge on any atom is -0.496 e. The summed E-state index contributed by atoms with van der Waals surface area (Å²) in [6.45, 7) is 4.13. The smallest absolute Gasteiger partial charge is 0.231 e. The van der Waals surface area contributed by atoms with E-state index in [9.17, 15) is 4.79 Å². The molecule has 0 saturated carbocycles. The Kier molecular flexibility index (Phi) is 5.50. The van der Waals surface area contributed by atoms with E-state index in [1.165, 1.54) is 13.2 Å². The van der Waals surface area contributed by atoms with E-state index in [0.717, 1.165) is 11.1 Å². The van der Waals surface area contributed by atoms with Gasteiger partial charge in [0, 0.05) is 23.3 Å². The van der Waals surface area contributed by atoms with Crippen molar-refractivity contribution < 1.29 is 28.1 Å². The summed E-state index contributed by atoms with van der Waals surface area (Å²) in [5.41, 5.74) is 2.75. The Morgan fingerprint density at radius 3 is 2.39 bits per heavy atom. The molecule has 1 aromatic heterocycles. The zero-order valence-corrected chi connectivity index (χ0v) is 18.2. The molecule has 7 heteroatoms. The van der Waals surface area contributed by atoms with Gasteiger partial charge in [-0.2, -0.15) is 0 Å². The zero-order chi connectivity index (χ0) is 22.1. The number of methoxy groups -OCH3 is 3. The van der Waals surface area contributed by atoms with Crippen molar-refractivity contribution in [3.8, 4) is 40.1 Å². The van der Waals surface area contributed by atoms with Crippen molar-refractivity contribution in [1.82, 2.24) is 0 Å². The van der Waals surface area contributed by atoms with Crippen LogP contribution < -0.4 is 29.1 Å². The summed E-state index contributed by atoms with van der Waals surface area (Å²) >= 11 is 0. The maximum absolute atomic E-state index is 13.1. The molecular weight excluding hydrogens is 400 g/mol. The Balaban J connectivity index is 2.00. The predicted molar refractivity (Wildman–Crippen MR) is 117 cm³/mol. The van der Waals surface area contributed by atoms with Gasteiger partial charge in [-0.25, -0.2) is 0 Å². The molecule has 31 heavy (non-hydrogen) atoms. The Labute approximate surface area is 179 Å². The first-order valence-electron chi connectivity index (χ1n) is 9.79. The molecule has 7 nitrogen and oxygen atoms in total. The van der Waals surface area contributed by atoms with E-state index in [2.05, 4.69) is 6.08 Å². The van der Waals surface area contributed by atoms with E-state index in [1.807, 2.05) is 13.8 Å². The van der Waals surface area contributed by atoms with Crippen molar-refractivity contribution in [2.75, 3.05) is 28.1 Å². The third-order valence-electron chi connectivity index (χ3n) is 5.12. The van der Waals surface area contributed by atoms with Crippen molar-refractivity contribution >= 4 is 11.0 Å². The Bertz CT molecular complexity index is 1230. The second-order valence-corrected chi connectivity index (χ2v) is 7.34. The third-order valence-corrected chi connectivity index (χ3v) is 5.12. The molecule has 0 spiro atoms. The highest BCUT2D eigenvalue weighted by molar-refractivity contribution is 5.90. The molecule has 2 heterocycles. The van der Waals surface area contributed by atoms with Gasteiger partial charge in [-0.05, 0) is 32.4 Å². The van der Waals surface area contributed by atoms with E-state index in [4.69, 9.17) is 28.1 Å². The Morgan fingerprint density at radius 2 is 1.71 bits per heavy atom. The highest BCUT2D eigenvalue weighted by atomic mass is 16.7. The number of ether oxygens (including phenoxy) is 5. The topological polar surface area (TPSA) is 76.4 Å². The normalized spacial score (nSPS) is 12.0. The van der Waals surface area contributed by atoms with Gasteiger partial charge in [-0.3, -0.25) is 4.79 Å². The van der Waals surface area contributed by atoms with Gasteiger partial charge in [-0.1, -0.05) is 11.6 Å². The maximum atomic E-state index is 13.1. The van der Waals surface area contributed by atoms with Gasteiger partial charge < -0.3 is 28.1 Å². The summed E-state index contributed by atoms with van der Waals surface area (Å²) in [6, 6.07) is 6.68. The molecule has 0 unspecified atom stereocenters. The second kappa shape index (κ2) is 8.26. The lowest BCUT2D eigenvalue weighted by Crippen LogP contribution is -2.06. The molecule has 0 fully saturated rings. The van der Waals surface area contributed by atoms with Crippen LogP contribution in [-0.4, -0.2) is 28.1 Å². The fraction of sp³-hybridized carbons (Fsp3) is 0.292. The molecule has 0 aliphatic carbocycles. The molecule has 1 aliphatic heterocycles. The molecule has 0 saturated heterocycles. The second-order valence-electron chi connectivity index (χ2n) is 7.34. The van der Waals surface area contributed by atoms with E-state index in [0.29, 0.717) is 57.5 Å². The summed E-state index contributed by atoms with van der Waals surface area (Å²) in [6.07, 6.45) is 2.60. The van der Waals surface area contributed by atoms with E-state index in [-0.39, 0.29) is 12.2 Å². The van der Waals surface area contributed by atoms with Crippen LogP contribution in [0.1, 0.15) is 19.4 Å². The number of allylic oxidation sites excluding steroid dienone is 2. The van der Waals surface area contributed by atoms with Crippen LogP contribution in [0.5, 0.6) is 28.7 Å².